The van der Waals surface area contributed by atoms with Crippen LogP contribution >= 0.6 is 0 Å². The predicted octanol–water partition coefficient (Wildman–Crippen LogP) is 2.44. The molecule has 1 fully saturated rings. The van der Waals surface area contributed by atoms with Gasteiger partial charge in [0.2, 0.25) is 0 Å². The van der Waals surface area contributed by atoms with Crippen molar-refractivity contribution in [2.24, 2.45) is 0 Å². The van der Waals surface area contributed by atoms with E-state index in [1.807, 2.05) is 38.1 Å². The van der Waals surface area contributed by atoms with Gasteiger partial charge in [-0.1, -0.05) is 12.1 Å². The van der Waals surface area contributed by atoms with Gasteiger partial charge in [0.15, 0.2) is 6.10 Å². The second-order valence-corrected chi connectivity index (χ2v) is 6.02. The van der Waals surface area contributed by atoms with Crippen molar-refractivity contribution in [1.82, 2.24) is 0 Å². The van der Waals surface area contributed by atoms with Gasteiger partial charge < -0.3 is 28.8 Å². The minimum Gasteiger partial charge on any atom is -0.491 e. The van der Waals surface area contributed by atoms with Gasteiger partial charge in [-0.25, -0.2) is 4.79 Å². The van der Waals surface area contributed by atoms with Crippen LogP contribution in [0.5, 0.6) is 5.75 Å². The van der Waals surface area contributed by atoms with Crippen LogP contribution in [-0.4, -0.2) is 62.9 Å². The first-order valence-electron chi connectivity index (χ1n) is 9.00. The second-order valence-electron chi connectivity index (χ2n) is 6.02. The van der Waals surface area contributed by atoms with E-state index in [1.165, 1.54) is 0 Å². The Kier molecular flexibility index (Phi) is 8.84. The molecule has 7 heteroatoms. The molecule has 146 valence electrons. The van der Waals surface area contributed by atoms with Crippen molar-refractivity contribution in [3.05, 3.63) is 29.8 Å². The molecule has 1 N–H and O–H groups in total. The van der Waals surface area contributed by atoms with E-state index < -0.39 is 12.1 Å². The maximum Gasteiger partial charge on any atom is 0.335 e. The summed E-state index contributed by atoms with van der Waals surface area (Å²) in [7, 11) is 0. The van der Waals surface area contributed by atoms with Crippen molar-refractivity contribution >= 4 is 5.97 Å². The molecule has 1 saturated heterocycles. The van der Waals surface area contributed by atoms with E-state index in [0.717, 1.165) is 17.7 Å². The maximum atomic E-state index is 10.8. The molecule has 26 heavy (non-hydrogen) atoms. The fraction of sp³-hybridized carbons (Fsp3) is 0.632. The Labute approximate surface area is 154 Å². The molecule has 0 bridgehead atoms. The van der Waals surface area contributed by atoms with E-state index in [2.05, 4.69) is 0 Å². The summed E-state index contributed by atoms with van der Waals surface area (Å²) in [5, 5.41) is 8.87. The maximum absolute atomic E-state index is 10.8. The minimum absolute atomic E-state index is 0.0173. The molecule has 3 atom stereocenters. The SMILES string of the molecule is CCOCCOCCOCCC(C)Oc1ccc(C2OC2C(=O)O)cc1. The third kappa shape index (κ3) is 7.29. The van der Waals surface area contributed by atoms with E-state index >= 15 is 0 Å². The highest BCUT2D eigenvalue weighted by Crippen LogP contribution is 2.39. The Morgan fingerprint density at radius 2 is 1.69 bits per heavy atom. The minimum atomic E-state index is -0.927. The normalized spacial score (nSPS) is 19.9. The largest absolute Gasteiger partial charge is 0.491 e. The number of benzene rings is 1. The molecular formula is C19H28O7. The number of carboxylic acids is 1. The topological polar surface area (TPSA) is 86.8 Å². The van der Waals surface area contributed by atoms with Gasteiger partial charge in [-0.2, -0.15) is 0 Å². The van der Waals surface area contributed by atoms with Crippen LogP contribution in [-0.2, 0) is 23.7 Å². The molecule has 0 aromatic heterocycles. The van der Waals surface area contributed by atoms with Crippen molar-refractivity contribution in [2.75, 3.05) is 39.6 Å². The van der Waals surface area contributed by atoms with Gasteiger partial charge in [0.25, 0.3) is 0 Å². The highest BCUT2D eigenvalue weighted by molar-refractivity contribution is 5.76. The summed E-state index contributed by atoms with van der Waals surface area (Å²) in [6, 6.07) is 7.34. The predicted molar refractivity (Wildman–Crippen MR) is 94.5 cm³/mol. The van der Waals surface area contributed by atoms with E-state index in [0.29, 0.717) is 39.6 Å². The first kappa shape index (κ1) is 20.6. The lowest BCUT2D eigenvalue weighted by Crippen LogP contribution is -2.16. The van der Waals surface area contributed by atoms with Gasteiger partial charge in [-0.15, -0.1) is 0 Å². The number of carboxylic acid groups (broad SMARTS) is 1. The summed E-state index contributed by atoms with van der Waals surface area (Å²) < 4.78 is 27.0. The molecule has 3 unspecified atom stereocenters. The fourth-order valence-electron chi connectivity index (χ4n) is 2.41. The van der Waals surface area contributed by atoms with Crippen molar-refractivity contribution in [3.63, 3.8) is 0 Å². The summed E-state index contributed by atoms with van der Waals surface area (Å²) >= 11 is 0. The average molecular weight is 368 g/mol. The zero-order valence-corrected chi connectivity index (χ0v) is 15.4. The Morgan fingerprint density at radius 3 is 2.27 bits per heavy atom. The van der Waals surface area contributed by atoms with Gasteiger partial charge in [-0.3, -0.25) is 0 Å². The Bertz CT molecular complexity index is 531. The van der Waals surface area contributed by atoms with Gasteiger partial charge in [0.05, 0.1) is 39.1 Å². The Balaban J connectivity index is 1.54. The van der Waals surface area contributed by atoms with Crippen LogP contribution in [0.4, 0.5) is 0 Å². The molecule has 0 saturated carbocycles. The third-order valence-electron chi connectivity index (χ3n) is 3.90. The molecular weight excluding hydrogens is 340 g/mol. The molecule has 7 nitrogen and oxygen atoms in total. The number of hydrogen-bond acceptors (Lipinski definition) is 6. The Hall–Kier alpha value is -1.67. The molecule has 0 amide bonds. The average Bonchev–Trinajstić information content (AvgIpc) is 3.42. The molecule has 1 aliphatic heterocycles. The fourth-order valence-corrected chi connectivity index (χ4v) is 2.41. The van der Waals surface area contributed by atoms with Crippen molar-refractivity contribution in [2.45, 2.75) is 38.6 Å². The van der Waals surface area contributed by atoms with Crippen LogP contribution in [0, 0.1) is 0 Å². The summed E-state index contributed by atoms with van der Waals surface area (Å²) in [5.74, 6) is -0.184. The van der Waals surface area contributed by atoms with Crippen LogP contribution in [0.3, 0.4) is 0 Å². The van der Waals surface area contributed by atoms with Crippen molar-refractivity contribution < 1.29 is 33.6 Å². The van der Waals surface area contributed by atoms with E-state index in [4.69, 9.17) is 28.8 Å². The van der Waals surface area contributed by atoms with Crippen LogP contribution < -0.4 is 4.74 Å². The standard InChI is InChI=1S/C19H28O7/c1-3-22-10-11-24-13-12-23-9-8-14(2)25-16-6-4-15(5-7-16)17-18(26-17)19(20)21/h4-7,14,17-18H,3,8-13H2,1-2H3,(H,20,21). The number of ether oxygens (including phenoxy) is 5. The van der Waals surface area contributed by atoms with Crippen LogP contribution in [0.25, 0.3) is 0 Å². The summed E-state index contributed by atoms with van der Waals surface area (Å²) in [6.07, 6.45) is -0.277. The third-order valence-corrected chi connectivity index (χ3v) is 3.90. The number of rotatable bonds is 14. The molecule has 1 heterocycles. The zero-order chi connectivity index (χ0) is 18.8. The van der Waals surface area contributed by atoms with E-state index in [9.17, 15) is 4.79 Å². The lowest BCUT2D eigenvalue weighted by Gasteiger charge is -2.15. The number of epoxide rings is 1. The van der Waals surface area contributed by atoms with Crippen molar-refractivity contribution in [1.29, 1.82) is 0 Å². The number of carbonyl (C=O) groups is 1. The number of aliphatic carboxylic acids is 1. The quantitative estimate of drug-likeness (QED) is 0.399. The summed E-state index contributed by atoms with van der Waals surface area (Å²) in [6.45, 7) is 7.57. The van der Waals surface area contributed by atoms with Crippen molar-refractivity contribution in [3.8, 4) is 5.75 Å². The molecule has 2 rings (SSSR count). The monoisotopic (exact) mass is 368 g/mol. The molecule has 0 spiro atoms. The molecule has 1 aliphatic rings. The second kappa shape index (κ2) is 11.1. The molecule has 0 aliphatic carbocycles. The van der Waals surface area contributed by atoms with E-state index in [-0.39, 0.29) is 12.2 Å². The molecule has 1 aromatic carbocycles. The molecule has 1 aromatic rings. The van der Waals surface area contributed by atoms with Gasteiger partial charge in [-0.05, 0) is 31.5 Å². The van der Waals surface area contributed by atoms with Crippen LogP contribution in [0.2, 0.25) is 0 Å². The van der Waals surface area contributed by atoms with Crippen LogP contribution in [0.1, 0.15) is 31.9 Å². The van der Waals surface area contributed by atoms with E-state index in [1.54, 1.807) is 0 Å². The molecule has 0 radical (unpaired) electrons. The van der Waals surface area contributed by atoms with Gasteiger partial charge >= 0.3 is 5.97 Å². The van der Waals surface area contributed by atoms with Gasteiger partial charge in [0, 0.05) is 13.0 Å². The van der Waals surface area contributed by atoms with Crippen LogP contribution in [0.15, 0.2) is 24.3 Å². The first-order valence-corrected chi connectivity index (χ1v) is 9.00. The first-order chi connectivity index (χ1) is 12.6. The number of hydrogen-bond donors (Lipinski definition) is 1. The van der Waals surface area contributed by atoms with Gasteiger partial charge in [0.1, 0.15) is 11.9 Å². The lowest BCUT2D eigenvalue weighted by molar-refractivity contribution is -0.138. The lowest BCUT2D eigenvalue weighted by atomic mass is 10.1. The highest BCUT2D eigenvalue weighted by Gasteiger charge is 2.46. The summed E-state index contributed by atoms with van der Waals surface area (Å²) in [5.41, 5.74) is 0.852. The highest BCUT2D eigenvalue weighted by atomic mass is 16.6. The zero-order valence-electron chi connectivity index (χ0n) is 15.4. The smallest absolute Gasteiger partial charge is 0.335 e. The Morgan fingerprint density at radius 1 is 1.08 bits per heavy atom. The summed E-state index contributed by atoms with van der Waals surface area (Å²) in [4.78, 5) is 10.8.